The van der Waals surface area contributed by atoms with Crippen molar-refractivity contribution >= 4 is 78.7 Å². The molecule has 2 aliphatic rings. The number of nitrogens with two attached hydrogens (primary N) is 1. The monoisotopic (exact) mass is 756 g/mol. The predicted octanol–water partition coefficient (Wildman–Crippen LogP) is 5.58. The molecular weight excluding hydrogens is 725 g/mol. The summed E-state index contributed by atoms with van der Waals surface area (Å²) in [6, 6.07) is 9.21. The van der Waals surface area contributed by atoms with Crippen molar-refractivity contribution < 1.29 is 13.9 Å². The van der Waals surface area contributed by atoms with Gasteiger partial charge in [-0.05, 0) is 68.5 Å². The van der Waals surface area contributed by atoms with Crippen LogP contribution in [0.15, 0.2) is 30.3 Å². The maximum absolute atomic E-state index is 15.5. The lowest BCUT2D eigenvalue weighted by Crippen LogP contribution is -2.32. The summed E-state index contributed by atoms with van der Waals surface area (Å²) in [4.78, 5) is 17.9. The van der Waals surface area contributed by atoms with Crippen LogP contribution in [-0.2, 0) is 13.6 Å². The van der Waals surface area contributed by atoms with Gasteiger partial charge >= 0.3 is 0 Å². The Hall–Kier alpha value is -2.13. The molecule has 8 nitrogen and oxygen atoms in total. The number of fused-ring (bicyclic) bond motifs is 4. The number of benzene rings is 2. The number of rotatable bonds is 9. The quantitative estimate of drug-likeness (QED) is 0.118. The third kappa shape index (κ3) is 5.33. The molecular formula is C28H31FI2N6O2. The van der Waals surface area contributed by atoms with E-state index in [0.717, 1.165) is 54.0 Å². The summed E-state index contributed by atoms with van der Waals surface area (Å²) < 4.78 is 25.8. The Balaban J connectivity index is 1.39. The summed E-state index contributed by atoms with van der Waals surface area (Å²) in [5.74, 6) is 1.38. The molecule has 3 heterocycles. The van der Waals surface area contributed by atoms with Crippen LogP contribution in [-0.4, -0.2) is 47.7 Å². The Morgan fingerprint density at radius 1 is 1.28 bits per heavy atom. The van der Waals surface area contributed by atoms with Gasteiger partial charge in [0.05, 0.1) is 20.8 Å². The van der Waals surface area contributed by atoms with Gasteiger partial charge in [0.1, 0.15) is 29.4 Å². The summed E-state index contributed by atoms with van der Waals surface area (Å²) in [5, 5.41) is 7.61. The van der Waals surface area contributed by atoms with E-state index in [9.17, 15) is 4.79 Å². The van der Waals surface area contributed by atoms with Gasteiger partial charge in [-0.15, -0.1) is 0 Å². The average molecular weight is 756 g/mol. The molecule has 6 rings (SSSR count). The van der Waals surface area contributed by atoms with Crippen molar-refractivity contribution in [3.8, 4) is 17.3 Å². The minimum atomic E-state index is -0.462. The fourth-order valence-corrected chi connectivity index (χ4v) is 8.11. The smallest absolute Gasteiger partial charge is 0.252 e. The molecule has 0 saturated heterocycles. The number of amides is 1. The number of imidazole rings is 1. The molecule has 0 radical (unpaired) electrons. The number of halogens is 3. The number of anilines is 1. The summed E-state index contributed by atoms with van der Waals surface area (Å²) in [6.07, 6.45) is 4.08. The molecule has 2 aromatic carbocycles. The van der Waals surface area contributed by atoms with Gasteiger partial charge in [-0.3, -0.25) is 4.79 Å². The molecule has 1 aliphatic carbocycles. The first-order valence-corrected chi connectivity index (χ1v) is 15.8. The number of carbonyl (C=O) groups excluding carboxylic acids is 1. The first kappa shape index (κ1) is 27.1. The Morgan fingerprint density at radius 3 is 2.87 bits per heavy atom. The molecule has 0 unspecified atom stereocenters. The van der Waals surface area contributed by atoms with Crippen LogP contribution in [0.2, 0.25) is 0 Å². The molecule has 0 spiro atoms. The van der Waals surface area contributed by atoms with E-state index in [1.807, 2.05) is 13.1 Å². The third-order valence-electron chi connectivity index (χ3n) is 7.47. The molecule has 39 heavy (non-hydrogen) atoms. The summed E-state index contributed by atoms with van der Waals surface area (Å²) in [6.45, 7) is 2.87. The summed E-state index contributed by atoms with van der Waals surface area (Å²) in [5.41, 5.74) is 9.80. The van der Waals surface area contributed by atoms with E-state index in [0.29, 0.717) is 39.9 Å². The second kappa shape index (κ2) is 11.0. The maximum atomic E-state index is 15.5. The number of ether oxygens (including phenoxy) is 1. The van der Waals surface area contributed by atoms with E-state index in [4.69, 9.17) is 15.5 Å². The predicted molar refractivity (Wildman–Crippen MR) is 170 cm³/mol. The first-order valence-electron chi connectivity index (χ1n) is 13.3. The van der Waals surface area contributed by atoms with E-state index < -0.39 is 5.82 Å². The molecule has 4 aromatic rings. The number of hydrogen-bond acceptors (Lipinski definition) is 5. The number of aryl methyl sites for hydroxylation is 1. The van der Waals surface area contributed by atoms with Crippen molar-refractivity contribution in [2.24, 2.45) is 18.7 Å². The standard InChI is InChI=1S/C28H31FI2N6O2/c1-36-26-19(29)10-17(28(38)35-23(31)13-18(30)6-7-32)11-20(26)34-27(36)21-12-16-4-5-22-24(33-8-9-39-22)25(16)37(21)14-15-2-3-15/h4-5,10-12,15,18,23,33H,2-3,6-9,13-14,32H2,1H3,(H,35,38)/t18-,23+/m1/s1. The maximum Gasteiger partial charge on any atom is 0.252 e. The Morgan fingerprint density at radius 2 is 2.10 bits per heavy atom. The van der Waals surface area contributed by atoms with E-state index in [2.05, 4.69) is 72.5 Å². The zero-order valence-electron chi connectivity index (χ0n) is 21.6. The lowest BCUT2D eigenvalue weighted by molar-refractivity contribution is 0.0950. The van der Waals surface area contributed by atoms with Crippen LogP contribution in [0.5, 0.6) is 5.75 Å². The van der Waals surface area contributed by atoms with E-state index in [-0.39, 0.29) is 15.5 Å². The number of carbonyl (C=O) groups is 1. The van der Waals surface area contributed by atoms with Crippen LogP contribution < -0.4 is 21.1 Å². The van der Waals surface area contributed by atoms with Crippen LogP contribution in [0.1, 0.15) is 36.0 Å². The average Bonchev–Trinajstić information content (AvgIpc) is 3.56. The van der Waals surface area contributed by atoms with E-state index in [1.165, 1.54) is 18.9 Å². The molecule has 2 atom stereocenters. The van der Waals surface area contributed by atoms with Crippen molar-refractivity contribution in [3.05, 3.63) is 41.7 Å². The molecule has 1 amide bonds. The van der Waals surface area contributed by atoms with Crippen molar-refractivity contribution in [2.45, 2.75) is 40.2 Å². The topological polar surface area (TPSA) is 99.1 Å². The molecule has 1 aliphatic heterocycles. The second-order valence-corrected chi connectivity index (χ2v) is 13.7. The van der Waals surface area contributed by atoms with Crippen molar-refractivity contribution in [1.29, 1.82) is 0 Å². The van der Waals surface area contributed by atoms with E-state index >= 15 is 4.39 Å². The van der Waals surface area contributed by atoms with Gasteiger partial charge in [0, 0.05) is 35.0 Å². The number of aromatic nitrogens is 3. The minimum Gasteiger partial charge on any atom is -0.490 e. The highest BCUT2D eigenvalue weighted by Gasteiger charge is 2.28. The van der Waals surface area contributed by atoms with Crippen molar-refractivity contribution in [1.82, 2.24) is 19.4 Å². The molecule has 206 valence electrons. The van der Waals surface area contributed by atoms with Gasteiger partial charge in [-0.25, -0.2) is 9.37 Å². The van der Waals surface area contributed by atoms with Crippen LogP contribution in [0.4, 0.5) is 10.1 Å². The summed E-state index contributed by atoms with van der Waals surface area (Å²) in [7, 11) is 1.84. The van der Waals surface area contributed by atoms with Gasteiger partial charge in [0.25, 0.3) is 5.91 Å². The molecule has 4 N–H and O–H groups in total. The first-order chi connectivity index (χ1) is 18.8. The van der Waals surface area contributed by atoms with Crippen LogP contribution in [0, 0.1) is 11.7 Å². The Kier molecular flexibility index (Phi) is 7.66. The SMILES string of the molecule is Cn1c(-c2cc3ccc4c(c3n2CC2CC2)NCCO4)nc2cc(C(=O)N[C@H](I)C[C@H](I)CCN)cc(F)c21. The second-order valence-electron chi connectivity index (χ2n) is 10.4. The largest absolute Gasteiger partial charge is 0.490 e. The number of nitrogens with zero attached hydrogens (tertiary/aromatic N) is 3. The third-order valence-corrected chi connectivity index (χ3v) is 9.42. The molecule has 0 bridgehead atoms. The van der Waals surface area contributed by atoms with Gasteiger partial charge in [0.15, 0.2) is 5.82 Å². The summed E-state index contributed by atoms with van der Waals surface area (Å²) >= 11 is 4.57. The van der Waals surface area contributed by atoms with Gasteiger partial charge in [-0.2, -0.15) is 0 Å². The van der Waals surface area contributed by atoms with E-state index in [1.54, 1.807) is 10.6 Å². The molecule has 2 aromatic heterocycles. The lowest BCUT2D eigenvalue weighted by Gasteiger charge is -2.21. The number of hydrogen-bond donors (Lipinski definition) is 3. The fraction of sp³-hybridized carbons (Fsp3) is 0.429. The highest BCUT2D eigenvalue weighted by atomic mass is 127. The van der Waals surface area contributed by atoms with Gasteiger partial charge in [0.2, 0.25) is 0 Å². The van der Waals surface area contributed by atoms with Gasteiger partial charge in [-0.1, -0.05) is 45.2 Å². The zero-order chi connectivity index (χ0) is 27.3. The lowest BCUT2D eigenvalue weighted by atomic mass is 10.1. The number of nitrogens with one attached hydrogen (secondary N) is 2. The molecule has 1 fully saturated rings. The van der Waals surface area contributed by atoms with Gasteiger partial charge < -0.3 is 30.2 Å². The Labute approximate surface area is 253 Å². The Bertz CT molecular complexity index is 1560. The number of alkyl halides is 2. The van der Waals surface area contributed by atoms with Crippen molar-refractivity contribution in [2.75, 3.05) is 25.0 Å². The van der Waals surface area contributed by atoms with Crippen LogP contribution in [0.3, 0.4) is 0 Å². The molecule has 1 saturated carbocycles. The highest BCUT2D eigenvalue weighted by molar-refractivity contribution is 14.1. The zero-order valence-corrected chi connectivity index (χ0v) is 26.0. The van der Waals surface area contributed by atoms with Crippen LogP contribution >= 0.6 is 45.2 Å². The molecule has 11 heteroatoms. The minimum absolute atomic E-state index is 0.0803. The normalized spacial score (nSPS) is 16.5. The van der Waals surface area contributed by atoms with Crippen molar-refractivity contribution in [3.63, 3.8) is 0 Å². The fourth-order valence-electron chi connectivity index (χ4n) is 5.37. The highest BCUT2D eigenvalue weighted by Crippen LogP contribution is 2.42. The van der Waals surface area contributed by atoms with Crippen LogP contribution in [0.25, 0.3) is 33.5 Å².